The number of rotatable bonds is 1. The van der Waals surface area contributed by atoms with Gasteiger partial charge in [-0.05, 0) is 0 Å². The van der Waals surface area contributed by atoms with Gasteiger partial charge in [0.25, 0.3) is 0 Å². The van der Waals surface area contributed by atoms with Crippen molar-refractivity contribution in [3.63, 3.8) is 0 Å². The molecule has 0 aromatic heterocycles. The summed E-state index contributed by atoms with van der Waals surface area (Å²) in [6.07, 6.45) is 9.36. The Morgan fingerprint density at radius 1 is 0.652 bits per heavy atom. The Morgan fingerprint density at radius 3 is 0.957 bits per heavy atom. The fraction of sp³-hybridized carbons (Fsp3) is 0.636. The topological polar surface area (TPSA) is 0 Å². The zero-order chi connectivity index (χ0) is 17.4. The van der Waals surface area contributed by atoms with Crippen molar-refractivity contribution in [1.29, 1.82) is 0 Å². The average molecular weight is 392 g/mol. The largest absolute Gasteiger partial charge is 2.00 e. The normalized spacial score (nSPS) is 22.5. The van der Waals surface area contributed by atoms with Crippen molar-refractivity contribution in [2.75, 3.05) is 0 Å². The van der Waals surface area contributed by atoms with E-state index < -0.39 is 0 Å². The van der Waals surface area contributed by atoms with Crippen molar-refractivity contribution < 1.29 is 26.2 Å². The van der Waals surface area contributed by atoms with E-state index >= 15 is 0 Å². The summed E-state index contributed by atoms with van der Waals surface area (Å²) in [5.41, 5.74) is 8.49. The van der Waals surface area contributed by atoms with Gasteiger partial charge in [-0.1, -0.05) is 80.1 Å². The molecule has 0 radical (unpaired) electrons. The van der Waals surface area contributed by atoms with Gasteiger partial charge in [-0.2, -0.15) is 22.3 Å². The molecule has 0 heterocycles. The molecule has 2 rings (SSSR count). The van der Waals surface area contributed by atoms with Crippen LogP contribution in [0.1, 0.15) is 82.1 Å². The summed E-state index contributed by atoms with van der Waals surface area (Å²) in [7, 11) is 0. The smallest absolute Gasteiger partial charge is 0.266 e. The number of unbranched alkanes of at least 4 members (excludes halogenated alkanes) is 1. The van der Waals surface area contributed by atoms with Gasteiger partial charge in [0, 0.05) is 0 Å². The van der Waals surface area contributed by atoms with Gasteiger partial charge in [0.05, 0.1) is 0 Å². The van der Waals surface area contributed by atoms with Crippen LogP contribution in [0.5, 0.6) is 0 Å². The minimum absolute atomic E-state index is 0. The minimum atomic E-state index is 0. The Balaban J connectivity index is 0. The molecule has 23 heavy (non-hydrogen) atoms. The Hall–Kier alpha value is -0.157. The molecule has 2 unspecified atom stereocenters. The second kappa shape index (κ2) is 12.2. The fourth-order valence-electron chi connectivity index (χ4n) is 2.32. The first-order valence-electron chi connectivity index (χ1n) is 8.72. The van der Waals surface area contributed by atoms with E-state index in [0.717, 1.165) is 0 Å². The first kappa shape index (κ1) is 25.1. The molecule has 128 valence electrons. The van der Waals surface area contributed by atoms with Gasteiger partial charge in [0.15, 0.2) is 0 Å². The summed E-state index contributed by atoms with van der Waals surface area (Å²) >= 11 is 0. The summed E-state index contributed by atoms with van der Waals surface area (Å²) in [5, 5.41) is 0. The third-order valence-electron chi connectivity index (χ3n) is 4.97. The summed E-state index contributed by atoms with van der Waals surface area (Å²) < 4.78 is 0. The van der Waals surface area contributed by atoms with Gasteiger partial charge in [-0.25, -0.2) is 11.1 Å². The van der Waals surface area contributed by atoms with Gasteiger partial charge in [0.1, 0.15) is 0 Å². The molecule has 1 heteroatoms. The van der Waals surface area contributed by atoms with Gasteiger partial charge in [-0.3, -0.25) is 12.2 Å². The Kier molecular flexibility index (Phi) is 13.4. The molecule has 0 N–H and O–H groups in total. The van der Waals surface area contributed by atoms with Crippen molar-refractivity contribution in [2.24, 2.45) is 11.8 Å². The molecule has 0 aromatic rings. The number of hydrogen-bond acceptors (Lipinski definition) is 0. The second-order valence-electron chi connectivity index (χ2n) is 6.60. The zero-order valence-electron chi connectivity index (χ0n) is 17.1. The van der Waals surface area contributed by atoms with Crippen molar-refractivity contribution in [2.45, 2.75) is 82.1 Å². The molecule has 0 fully saturated rings. The standard InChI is InChI=1S/2C9H13.C4H10.Zr/c2*1-6-5-7(2)9(4)8(6)3;1-3-4-2;/h2*6H,1-4H3;3-4H2,1-2H3;/q2*-1;;+2. The maximum Gasteiger partial charge on any atom is 2.00 e. The molecule has 2 atom stereocenters. The molecule has 2 aliphatic rings. The van der Waals surface area contributed by atoms with Crippen LogP contribution in [0.4, 0.5) is 0 Å². The van der Waals surface area contributed by atoms with Gasteiger partial charge >= 0.3 is 26.2 Å². The summed E-state index contributed by atoms with van der Waals surface area (Å²) in [4.78, 5) is 0. The van der Waals surface area contributed by atoms with Crippen LogP contribution in [0.2, 0.25) is 0 Å². The van der Waals surface area contributed by atoms with Crippen LogP contribution in [-0.4, -0.2) is 0 Å². The molecule has 0 amide bonds. The maximum absolute atomic E-state index is 3.36. The first-order chi connectivity index (χ1) is 10.2. The van der Waals surface area contributed by atoms with Crippen LogP contribution in [0, 0.1) is 24.0 Å². The van der Waals surface area contributed by atoms with E-state index in [9.17, 15) is 0 Å². The van der Waals surface area contributed by atoms with Crippen LogP contribution >= 0.6 is 0 Å². The third-order valence-corrected chi connectivity index (χ3v) is 4.97. The monoisotopic (exact) mass is 390 g/mol. The Bertz CT molecular complexity index is 440. The average Bonchev–Trinajstić information content (AvgIpc) is 2.84. The predicted octanol–water partition coefficient (Wildman–Crippen LogP) is 7.25. The minimum Gasteiger partial charge on any atom is -0.266 e. The Labute approximate surface area is 165 Å². The van der Waals surface area contributed by atoms with E-state index in [0.29, 0.717) is 11.8 Å². The number of hydrogen-bond donors (Lipinski definition) is 0. The van der Waals surface area contributed by atoms with E-state index in [-0.39, 0.29) is 26.2 Å². The van der Waals surface area contributed by atoms with Crippen LogP contribution in [-0.2, 0) is 26.2 Å². The fourth-order valence-corrected chi connectivity index (χ4v) is 2.32. The molecule has 0 spiro atoms. The molecular weight excluding hydrogens is 355 g/mol. The van der Waals surface area contributed by atoms with Crippen molar-refractivity contribution in [1.82, 2.24) is 0 Å². The van der Waals surface area contributed by atoms with E-state index in [4.69, 9.17) is 0 Å². The van der Waals surface area contributed by atoms with Crippen molar-refractivity contribution >= 4 is 0 Å². The molecule has 0 bridgehead atoms. The van der Waals surface area contributed by atoms with Crippen LogP contribution in [0.3, 0.4) is 0 Å². The number of allylic oxidation sites excluding steroid dienone is 8. The molecule has 0 aliphatic heterocycles. The molecule has 0 saturated carbocycles. The van der Waals surface area contributed by atoms with E-state index in [1.807, 2.05) is 0 Å². The summed E-state index contributed by atoms with van der Waals surface area (Å²) in [5.74, 6) is 1.12. The van der Waals surface area contributed by atoms with Gasteiger partial charge < -0.3 is 0 Å². The van der Waals surface area contributed by atoms with Gasteiger partial charge in [-0.15, -0.1) is 13.8 Å². The summed E-state index contributed by atoms with van der Waals surface area (Å²) in [6, 6.07) is 0. The molecule has 0 nitrogen and oxygen atoms in total. The predicted molar refractivity (Wildman–Crippen MR) is 101 cm³/mol. The molecule has 2 aliphatic carbocycles. The summed E-state index contributed by atoms with van der Waals surface area (Å²) in [6.45, 7) is 21.7. The van der Waals surface area contributed by atoms with E-state index in [2.05, 4.69) is 81.4 Å². The van der Waals surface area contributed by atoms with Crippen molar-refractivity contribution in [3.8, 4) is 0 Å². The Morgan fingerprint density at radius 2 is 0.913 bits per heavy atom. The second-order valence-corrected chi connectivity index (χ2v) is 6.60. The van der Waals surface area contributed by atoms with Gasteiger partial charge in [0.2, 0.25) is 0 Å². The van der Waals surface area contributed by atoms with Crippen LogP contribution in [0.25, 0.3) is 0 Å². The third kappa shape index (κ3) is 7.97. The van der Waals surface area contributed by atoms with Crippen molar-refractivity contribution in [3.05, 3.63) is 45.6 Å². The maximum atomic E-state index is 3.36. The zero-order valence-corrected chi connectivity index (χ0v) is 19.5. The van der Waals surface area contributed by atoms with E-state index in [1.54, 1.807) is 0 Å². The van der Waals surface area contributed by atoms with Crippen LogP contribution < -0.4 is 0 Å². The SMILES string of the molecule is CC1=[C-]C(C)C(C)=C1C.CC1=[C-]C(C)C(C)=C1C.CCCC.[Zr+2]. The molecule has 0 aromatic carbocycles. The quantitative estimate of drug-likeness (QED) is 0.413. The molecular formula is C22H36Zr. The molecule has 0 saturated heterocycles. The van der Waals surface area contributed by atoms with Crippen LogP contribution in [0.15, 0.2) is 33.4 Å². The van der Waals surface area contributed by atoms with E-state index in [1.165, 1.54) is 46.3 Å². The first-order valence-corrected chi connectivity index (χ1v) is 8.72.